The summed E-state index contributed by atoms with van der Waals surface area (Å²) in [7, 11) is 1.49. The van der Waals surface area contributed by atoms with Gasteiger partial charge in [-0.25, -0.2) is 9.59 Å². The van der Waals surface area contributed by atoms with Gasteiger partial charge in [-0.1, -0.05) is 24.3 Å². The molecule has 1 saturated heterocycles. The van der Waals surface area contributed by atoms with Gasteiger partial charge >= 0.3 is 12.1 Å². The molecule has 138 valence electrons. The van der Waals surface area contributed by atoms with Crippen molar-refractivity contribution >= 4 is 23.9 Å². The van der Waals surface area contributed by atoms with Crippen LogP contribution in [0.4, 0.5) is 9.59 Å². The number of imide groups is 2. The number of rotatable bonds is 5. The quantitative estimate of drug-likeness (QED) is 0.499. The number of nitrogens with one attached hydrogen (secondary N) is 3. The Bertz CT molecular complexity index is 765. The molecule has 1 fully saturated rings. The van der Waals surface area contributed by atoms with Crippen molar-refractivity contribution < 1.29 is 23.9 Å². The van der Waals surface area contributed by atoms with Crippen LogP contribution in [-0.2, 0) is 26.3 Å². The highest BCUT2D eigenvalue weighted by molar-refractivity contribution is 6.10. The Balaban J connectivity index is 1.65. The predicted molar refractivity (Wildman–Crippen MR) is 90.1 cm³/mol. The number of fused-ring (bicyclic) bond motifs is 2. The van der Waals surface area contributed by atoms with E-state index in [1.165, 1.54) is 7.11 Å². The third kappa shape index (κ3) is 3.13. The molecule has 1 aliphatic carbocycles. The first kappa shape index (κ1) is 17.9. The summed E-state index contributed by atoms with van der Waals surface area (Å²) in [5.74, 6) is -1.21. The van der Waals surface area contributed by atoms with Gasteiger partial charge in [-0.2, -0.15) is 0 Å². The van der Waals surface area contributed by atoms with Gasteiger partial charge < -0.3 is 15.4 Å². The number of aryl methyl sites for hydroxylation is 1. The van der Waals surface area contributed by atoms with Gasteiger partial charge in [0.05, 0.1) is 6.61 Å². The van der Waals surface area contributed by atoms with E-state index < -0.39 is 36.0 Å². The fourth-order valence-corrected chi connectivity index (χ4v) is 3.35. The van der Waals surface area contributed by atoms with Gasteiger partial charge in [-0.15, -0.1) is 0 Å². The van der Waals surface area contributed by atoms with Crippen LogP contribution in [0.1, 0.15) is 17.5 Å². The molecule has 1 heterocycles. The minimum absolute atomic E-state index is 0.235. The van der Waals surface area contributed by atoms with Crippen LogP contribution >= 0.6 is 0 Å². The van der Waals surface area contributed by atoms with Crippen LogP contribution in [0.25, 0.3) is 0 Å². The minimum Gasteiger partial charge on any atom is -0.383 e. The van der Waals surface area contributed by atoms with Gasteiger partial charge in [0.1, 0.15) is 12.1 Å². The summed E-state index contributed by atoms with van der Waals surface area (Å²) in [6.45, 7) is 0.0154. The third-order valence-electron chi connectivity index (χ3n) is 4.57. The lowest BCUT2D eigenvalue weighted by molar-refractivity contribution is -0.135. The van der Waals surface area contributed by atoms with Crippen molar-refractivity contribution in [1.29, 1.82) is 0 Å². The number of methoxy groups -OCH3 is 1. The van der Waals surface area contributed by atoms with Crippen LogP contribution < -0.4 is 16.0 Å². The zero-order valence-electron chi connectivity index (χ0n) is 14.3. The molecule has 3 rings (SSSR count). The van der Waals surface area contributed by atoms with Crippen LogP contribution in [-0.4, -0.2) is 55.6 Å². The van der Waals surface area contributed by atoms with Gasteiger partial charge in [-0.05, 0) is 24.0 Å². The molecule has 1 unspecified atom stereocenters. The highest BCUT2D eigenvalue weighted by Gasteiger charge is 2.55. The number of urea groups is 2. The molecule has 1 aliphatic heterocycles. The van der Waals surface area contributed by atoms with Gasteiger partial charge in [0.15, 0.2) is 0 Å². The summed E-state index contributed by atoms with van der Waals surface area (Å²) >= 11 is 0. The number of carbonyl (C=O) groups is 4. The summed E-state index contributed by atoms with van der Waals surface area (Å²) in [6, 6.07) is 6.08. The minimum atomic E-state index is -1.12. The maximum Gasteiger partial charge on any atom is 0.325 e. The van der Waals surface area contributed by atoms with E-state index in [0.717, 1.165) is 16.0 Å². The fraction of sp³-hybridized carbons (Fsp3) is 0.412. The Kier molecular flexibility index (Phi) is 4.90. The van der Waals surface area contributed by atoms with Crippen molar-refractivity contribution in [2.24, 2.45) is 0 Å². The summed E-state index contributed by atoms with van der Waals surface area (Å²) in [4.78, 5) is 49.6. The topological polar surface area (TPSA) is 117 Å². The Morgan fingerprint density at radius 2 is 2.08 bits per heavy atom. The zero-order valence-corrected chi connectivity index (χ0v) is 14.3. The van der Waals surface area contributed by atoms with Crippen molar-refractivity contribution in [1.82, 2.24) is 20.9 Å². The number of amides is 6. The Hall–Kier alpha value is -2.94. The predicted octanol–water partition coefficient (Wildman–Crippen LogP) is -0.148. The molecule has 3 N–H and O–H groups in total. The van der Waals surface area contributed by atoms with Gasteiger partial charge in [0.25, 0.3) is 5.91 Å². The second-order valence-corrected chi connectivity index (χ2v) is 6.18. The van der Waals surface area contributed by atoms with E-state index >= 15 is 0 Å². The van der Waals surface area contributed by atoms with E-state index in [4.69, 9.17) is 4.74 Å². The van der Waals surface area contributed by atoms with Crippen molar-refractivity contribution in [3.8, 4) is 0 Å². The standard InChI is InChI=1S/C17H20N4O5/c1-26-9-8-18-15(24)19-13(22)10-21-14(23)17(20-16(21)25)7-6-11-4-2-3-5-12(11)17/h2-5H,6-10H2,1H3,(H,20,25)(H2,18,19,22,24). The average Bonchev–Trinajstić information content (AvgIpc) is 3.09. The number of benzene rings is 1. The summed E-state index contributed by atoms with van der Waals surface area (Å²) in [5, 5.41) is 7.24. The Morgan fingerprint density at radius 1 is 1.31 bits per heavy atom. The number of nitrogens with zero attached hydrogens (tertiary/aromatic N) is 1. The first-order valence-electron chi connectivity index (χ1n) is 8.27. The molecule has 26 heavy (non-hydrogen) atoms. The fourth-order valence-electron chi connectivity index (χ4n) is 3.35. The molecule has 0 bridgehead atoms. The molecule has 6 amide bonds. The molecule has 1 atom stereocenters. The maximum atomic E-state index is 12.9. The summed E-state index contributed by atoms with van der Waals surface area (Å²) in [5.41, 5.74) is 0.651. The Morgan fingerprint density at radius 3 is 2.85 bits per heavy atom. The van der Waals surface area contributed by atoms with E-state index in [9.17, 15) is 19.2 Å². The molecule has 1 spiro atoms. The highest BCUT2D eigenvalue weighted by Crippen LogP contribution is 2.41. The monoisotopic (exact) mass is 360 g/mol. The molecule has 0 radical (unpaired) electrons. The van der Waals surface area contributed by atoms with Crippen molar-refractivity contribution in [2.75, 3.05) is 26.8 Å². The van der Waals surface area contributed by atoms with Crippen LogP contribution in [0.3, 0.4) is 0 Å². The van der Waals surface area contributed by atoms with E-state index in [-0.39, 0.29) is 6.54 Å². The number of ether oxygens (including phenoxy) is 1. The average molecular weight is 360 g/mol. The largest absolute Gasteiger partial charge is 0.383 e. The smallest absolute Gasteiger partial charge is 0.325 e. The van der Waals surface area contributed by atoms with Crippen LogP contribution in [0, 0.1) is 0 Å². The van der Waals surface area contributed by atoms with Gasteiger partial charge in [0, 0.05) is 13.7 Å². The second-order valence-electron chi connectivity index (χ2n) is 6.18. The lowest BCUT2D eigenvalue weighted by Gasteiger charge is -2.22. The lowest BCUT2D eigenvalue weighted by Crippen LogP contribution is -2.47. The van der Waals surface area contributed by atoms with Crippen molar-refractivity contribution in [3.05, 3.63) is 35.4 Å². The van der Waals surface area contributed by atoms with Gasteiger partial charge in [0.2, 0.25) is 5.91 Å². The molecule has 2 aliphatic rings. The van der Waals surface area contributed by atoms with Crippen LogP contribution in [0.2, 0.25) is 0 Å². The van der Waals surface area contributed by atoms with E-state index in [2.05, 4.69) is 16.0 Å². The van der Waals surface area contributed by atoms with E-state index in [1.54, 1.807) is 0 Å². The summed E-state index contributed by atoms with van der Waals surface area (Å²) in [6.07, 6.45) is 1.12. The van der Waals surface area contributed by atoms with Crippen LogP contribution in [0.5, 0.6) is 0 Å². The molecule has 1 aromatic carbocycles. The number of hydrogen-bond acceptors (Lipinski definition) is 5. The molecule has 1 aromatic rings. The second kappa shape index (κ2) is 7.12. The summed E-state index contributed by atoms with van der Waals surface area (Å²) < 4.78 is 4.78. The third-order valence-corrected chi connectivity index (χ3v) is 4.57. The number of hydrogen-bond donors (Lipinski definition) is 3. The van der Waals surface area contributed by atoms with E-state index in [1.807, 2.05) is 24.3 Å². The molecular weight excluding hydrogens is 340 g/mol. The molecule has 9 nitrogen and oxygen atoms in total. The van der Waals surface area contributed by atoms with Crippen LogP contribution in [0.15, 0.2) is 24.3 Å². The number of carbonyl (C=O) groups excluding carboxylic acids is 4. The first-order valence-corrected chi connectivity index (χ1v) is 8.27. The Labute approximate surface area is 150 Å². The van der Waals surface area contributed by atoms with Crippen molar-refractivity contribution in [2.45, 2.75) is 18.4 Å². The molecular formula is C17H20N4O5. The van der Waals surface area contributed by atoms with E-state index in [0.29, 0.717) is 19.4 Å². The van der Waals surface area contributed by atoms with Gasteiger partial charge in [-0.3, -0.25) is 19.8 Å². The lowest BCUT2D eigenvalue weighted by atomic mass is 9.92. The zero-order chi connectivity index (χ0) is 18.7. The highest BCUT2D eigenvalue weighted by atomic mass is 16.5. The molecule has 0 aromatic heterocycles. The molecule has 9 heteroatoms. The SMILES string of the molecule is COCCNC(=O)NC(=O)CN1C(=O)NC2(CCc3ccccc32)C1=O. The normalized spacial score (nSPS) is 20.9. The first-order chi connectivity index (χ1) is 12.5. The maximum absolute atomic E-state index is 12.9. The molecule has 0 saturated carbocycles. The van der Waals surface area contributed by atoms with Crippen molar-refractivity contribution in [3.63, 3.8) is 0 Å².